The van der Waals surface area contributed by atoms with E-state index in [0.717, 1.165) is 22.5 Å². The highest BCUT2D eigenvalue weighted by Gasteiger charge is 2.48. The summed E-state index contributed by atoms with van der Waals surface area (Å²) >= 11 is 2.53. The zero-order valence-electron chi connectivity index (χ0n) is 23.9. The Bertz CT molecular complexity index is 1860. The number of amides is 1. The van der Waals surface area contributed by atoms with Gasteiger partial charge in [-0.15, -0.1) is 10.2 Å². The van der Waals surface area contributed by atoms with Crippen molar-refractivity contribution in [3.63, 3.8) is 0 Å². The van der Waals surface area contributed by atoms with E-state index in [1.54, 1.807) is 60.7 Å². The fraction of sp³-hybridized carbons (Fsp3) is 0.118. The molecule has 1 aliphatic heterocycles. The SMILES string of the molecule is COc1ccc(C(O)=C2C(=O)C(=O)N(c3nnc(SCc4ccc(F)cc4)s3)C2c2cccc(OCc3ccccc3)c2)cc1. The minimum atomic E-state index is -1.00. The van der Waals surface area contributed by atoms with Crippen LogP contribution in [-0.2, 0) is 21.9 Å². The predicted molar refractivity (Wildman–Crippen MR) is 171 cm³/mol. The summed E-state index contributed by atoms with van der Waals surface area (Å²) in [5, 5.41) is 20.2. The first-order valence-electron chi connectivity index (χ1n) is 13.8. The number of anilines is 1. The quantitative estimate of drug-likeness (QED) is 0.0564. The van der Waals surface area contributed by atoms with Gasteiger partial charge in [-0.2, -0.15) is 0 Å². The maximum atomic E-state index is 13.6. The number of carbonyl (C=O) groups is 2. The summed E-state index contributed by atoms with van der Waals surface area (Å²) < 4.78 is 25.2. The van der Waals surface area contributed by atoms with Gasteiger partial charge >= 0.3 is 5.91 Å². The van der Waals surface area contributed by atoms with Gasteiger partial charge in [-0.1, -0.05) is 77.7 Å². The average molecular weight is 640 g/mol. The number of halogens is 1. The maximum Gasteiger partial charge on any atom is 0.301 e. The standard InChI is InChI=1S/C34H26FN3O5S2/c1-42-26-16-12-23(13-17-26)30(39)28-29(24-8-5-9-27(18-24)43-19-21-6-3-2-4-7-21)38(32(41)31(28)40)33-36-37-34(45-33)44-20-22-10-14-25(35)15-11-22/h2-18,29,39H,19-20H2,1H3. The number of hydrogen-bond donors (Lipinski definition) is 1. The average Bonchev–Trinajstić information content (AvgIpc) is 3.65. The molecule has 226 valence electrons. The summed E-state index contributed by atoms with van der Waals surface area (Å²) in [5.41, 5.74) is 2.69. The van der Waals surface area contributed by atoms with E-state index >= 15 is 0 Å². The highest BCUT2D eigenvalue weighted by molar-refractivity contribution is 8.00. The van der Waals surface area contributed by atoms with Crippen LogP contribution in [-0.4, -0.2) is 34.1 Å². The summed E-state index contributed by atoms with van der Waals surface area (Å²) in [6.07, 6.45) is 0. The van der Waals surface area contributed by atoms with E-state index in [9.17, 15) is 19.1 Å². The minimum Gasteiger partial charge on any atom is -0.507 e. The first-order valence-corrected chi connectivity index (χ1v) is 15.6. The number of thioether (sulfide) groups is 1. The van der Waals surface area contributed by atoms with Crippen LogP contribution in [0.25, 0.3) is 5.76 Å². The van der Waals surface area contributed by atoms with Crippen molar-refractivity contribution < 1.29 is 28.6 Å². The molecule has 6 rings (SSSR count). The predicted octanol–water partition coefficient (Wildman–Crippen LogP) is 7.18. The van der Waals surface area contributed by atoms with Crippen LogP contribution in [0.2, 0.25) is 0 Å². The molecule has 0 aliphatic carbocycles. The fourth-order valence-electron chi connectivity index (χ4n) is 4.85. The van der Waals surface area contributed by atoms with Crippen LogP contribution in [0.1, 0.15) is 28.3 Å². The first-order chi connectivity index (χ1) is 21.9. The molecule has 1 amide bonds. The lowest BCUT2D eigenvalue weighted by Crippen LogP contribution is -2.29. The van der Waals surface area contributed by atoms with Crippen LogP contribution in [0.15, 0.2) is 113 Å². The Kier molecular flexibility index (Phi) is 8.90. The molecular formula is C34H26FN3O5S2. The van der Waals surface area contributed by atoms with Crippen LogP contribution in [0.4, 0.5) is 9.52 Å². The monoisotopic (exact) mass is 639 g/mol. The number of methoxy groups -OCH3 is 1. The molecule has 0 bridgehead atoms. The highest BCUT2D eigenvalue weighted by Crippen LogP contribution is 2.44. The number of aromatic nitrogens is 2. The van der Waals surface area contributed by atoms with Crippen molar-refractivity contribution in [3.05, 3.63) is 137 Å². The molecule has 5 aromatic rings. The number of hydrogen-bond acceptors (Lipinski definition) is 9. The molecule has 8 nitrogen and oxygen atoms in total. The molecule has 4 aromatic carbocycles. The molecule has 1 fully saturated rings. The zero-order valence-corrected chi connectivity index (χ0v) is 25.6. The lowest BCUT2D eigenvalue weighted by molar-refractivity contribution is -0.132. The number of nitrogens with zero attached hydrogens (tertiary/aromatic N) is 3. The van der Waals surface area contributed by atoms with Crippen LogP contribution in [0.3, 0.4) is 0 Å². The van der Waals surface area contributed by atoms with Gasteiger partial charge in [0, 0.05) is 11.3 Å². The topological polar surface area (TPSA) is 102 Å². The molecular weight excluding hydrogens is 614 g/mol. The van der Waals surface area contributed by atoms with Crippen molar-refractivity contribution in [3.8, 4) is 11.5 Å². The van der Waals surface area contributed by atoms with Gasteiger partial charge in [-0.3, -0.25) is 14.5 Å². The Balaban J connectivity index is 1.36. The van der Waals surface area contributed by atoms with Crippen molar-refractivity contribution in [1.82, 2.24) is 10.2 Å². The molecule has 1 saturated heterocycles. The van der Waals surface area contributed by atoms with E-state index < -0.39 is 17.7 Å². The van der Waals surface area contributed by atoms with E-state index in [2.05, 4.69) is 10.2 Å². The molecule has 45 heavy (non-hydrogen) atoms. The third kappa shape index (κ3) is 6.59. The van der Waals surface area contributed by atoms with Gasteiger partial charge in [-0.25, -0.2) is 4.39 Å². The number of ketones is 1. The first kappa shape index (κ1) is 30.0. The van der Waals surface area contributed by atoms with Gasteiger partial charge in [0.25, 0.3) is 5.78 Å². The van der Waals surface area contributed by atoms with Crippen LogP contribution in [0, 0.1) is 5.82 Å². The van der Waals surface area contributed by atoms with Gasteiger partial charge in [0.1, 0.15) is 29.7 Å². The van der Waals surface area contributed by atoms with Crippen LogP contribution < -0.4 is 14.4 Å². The number of aliphatic hydroxyl groups excluding tert-OH is 1. The van der Waals surface area contributed by atoms with Gasteiger partial charge in [0.05, 0.1) is 18.7 Å². The van der Waals surface area contributed by atoms with E-state index in [1.807, 2.05) is 30.3 Å². The lowest BCUT2D eigenvalue weighted by atomic mass is 9.95. The highest BCUT2D eigenvalue weighted by atomic mass is 32.2. The molecule has 1 unspecified atom stereocenters. The van der Waals surface area contributed by atoms with Crippen molar-refractivity contribution in [2.45, 2.75) is 22.7 Å². The molecule has 2 heterocycles. The summed E-state index contributed by atoms with van der Waals surface area (Å²) in [6, 6.07) is 28.5. The third-order valence-corrected chi connectivity index (χ3v) is 9.23. The second-order valence-corrected chi connectivity index (χ2v) is 12.2. The van der Waals surface area contributed by atoms with Gasteiger partial charge in [0.15, 0.2) is 4.34 Å². The fourth-order valence-corrected chi connectivity index (χ4v) is 6.67. The number of benzene rings is 4. The van der Waals surface area contributed by atoms with Crippen LogP contribution in [0.5, 0.6) is 11.5 Å². The Morgan fingerprint density at radius 2 is 1.67 bits per heavy atom. The number of rotatable bonds is 10. The summed E-state index contributed by atoms with van der Waals surface area (Å²) in [5.74, 6) is -0.715. The Labute approximate surface area is 266 Å². The summed E-state index contributed by atoms with van der Waals surface area (Å²) in [4.78, 5) is 28.5. The van der Waals surface area contributed by atoms with Crippen molar-refractivity contribution in [2.24, 2.45) is 0 Å². The van der Waals surface area contributed by atoms with Crippen molar-refractivity contribution in [1.29, 1.82) is 0 Å². The molecule has 0 saturated carbocycles. The van der Waals surface area contributed by atoms with Gasteiger partial charge < -0.3 is 14.6 Å². The second kappa shape index (κ2) is 13.3. The largest absolute Gasteiger partial charge is 0.507 e. The summed E-state index contributed by atoms with van der Waals surface area (Å²) in [6.45, 7) is 0.321. The smallest absolute Gasteiger partial charge is 0.301 e. The lowest BCUT2D eigenvalue weighted by Gasteiger charge is -2.23. The number of ether oxygens (including phenoxy) is 2. The number of Topliss-reactive ketones (excluding diaryl/α,β-unsaturated/α-hetero) is 1. The Hall–Kier alpha value is -5.00. The van der Waals surface area contributed by atoms with Gasteiger partial charge in [0.2, 0.25) is 5.13 Å². The third-order valence-electron chi connectivity index (χ3n) is 7.11. The number of aliphatic hydroxyl groups is 1. The second-order valence-electron chi connectivity index (χ2n) is 10.0. The van der Waals surface area contributed by atoms with E-state index in [-0.39, 0.29) is 22.3 Å². The van der Waals surface area contributed by atoms with Gasteiger partial charge in [-0.05, 0) is 65.2 Å². The maximum absolute atomic E-state index is 13.6. The van der Waals surface area contributed by atoms with E-state index in [0.29, 0.717) is 39.3 Å². The Morgan fingerprint density at radius 3 is 2.40 bits per heavy atom. The summed E-state index contributed by atoms with van der Waals surface area (Å²) in [7, 11) is 1.53. The number of carbonyl (C=O) groups excluding carboxylic acids is 2. The van der Waals surface area contributed by atoms with Crippen molar-refractivity contribution in [2.75, 3.05) is 12.0 Å². The molecule has 1 aliphatic rings. The molecule has 1 atom stereocenters. The zero-order chi connectivity index (χ0) is 31.3. The van der Waals surface area contributed by atoms with Crippen LogP contribution >= 0.6 is 23.1 Å². The molecule has 0 radical (unpaired) electrons. The van der Waals surface area contributed by atoms with E-state index in [1.165, 1.54) is 35.9 Å². The molecule has 1 N–H and O–H groups in total. The molecule has 11 heteroatoms. The Morgan fingerprint density at radius 1 is 0.911 bits per heavy atom. The van der Waals surface area contributed by atoms with E-state index in [4.69, 9.17) is 9.47 Å². The molecule has 1 aromatic heterocycles. The molecule has 0 spiro atoms. The minimum absolute atomic E-state index is 0.0823. The normalized spacial score (nSPS) is 15.8. The van der Waals surface area contributed by atoms with Crippen molar-refractivity contribution >= 4 is 45.7 Å².